The maximum atomic E-state index is 13.5. The van der Waals surface area contributed by atoms with Crippen molar-refractivity contribution >= 4 is 5.91 Å². The molecule has 18 heavy (non-hydrogen) atoms. The summed E-state index contributed by atoms with van der Waals surface area (Å²) >= 11 is 0. The molecule has 1 aromatic carbocycles. The predicted octanol–water partition coefficient (Wildman–Crippen LogP) is 2.14. The van der Waals surface area contributed by atoms with E-state index >= 15 is 0 Å². The summed E-state index contributed by atoms with van der Waals surface area (Å²) in [5.74, 6) is -1.90. The molecule has 0 saturated heterocycles. The zero-order valence-electron chi connectivity index (χ0n) is 10.6. The summed E-state index contributed by atoms with van der Waals surface area (Å²) in [7, 11) is 0. The Labute approximate surface area is 106 Å². The van der Waals surface area contributed by atoms with Crippen LogP contribution < -0.4 is 10.6 Å². The number of hydrogen-bond donors (Lipinski definition) is 2. The minimum absolute atomic E-state index is 0.0805. The average Bonchev–Trinajstić information content (AvgIpc) is 2.36. The smallest absolute Gasteiger partial charge is 0.233 e. The molecule has 1 amide bonds. The predicted molar refractivity (Wildman–Crippen MR) is 66.1 cm³/mol. The first-order valence-electron chi connectivity index (χ1n) is 6.00. The molecule has 0 saturated carbocycles. The Balaban J connectivity index is 2.52. The number of rotatable bonds is 6. The van der Waals surface area contributed by atoms with Crippen molar-refractivity contribution in [1.29, 1.82) is 0 Å². The quantitative estimate of drug-likeness (QED) is 0.818. The number of carbonyl (C=O) groups is 1. The molecule has 0 aliphatic carbocycles. The molecule has 0 spiro atoms. The molecule has 0 radical (unpaired) electrons. The van der Waals surface area contributed by atoms with Crippen molar-refractivity contribution in [3.63, 3.8) is 0 Å². The Morgan fingerprint density at radius 1 is 1.39 bits per heavy atom. The first-order valence-corrected chi connectivity index (χ1v) is 6.00. The third kappa shape index (κ3) is 4.07. The van der Waals surface area contributed by atoms with Crippen LogP contribution in [0.15, 0.2) is 18.2 Å². The van der Waals surface area contributed by atoms with E-state index in [0.29, 0.717) is 6.54 Å². The molecular formula is C13H18F2N2O. The van der Waals surface area contributed by atoms with Crippen LogP contribution in [0.5, 0.6) is 0 Å². The Morgan fingerprint density at radius 3 is 2.78 bits per heavy atom. The largest absolute Gasteiger partial charge is 0.355 e. The molecule has 1 rings (SSSR count). The van der Waals surface area contributed by atoms with Gasteiger partial charge in [-0.1, -0.05) is 19.1 Å². The van der Waals surface area contributed by atoms with E-state index in [1.807, 2.05) is 6.92 Å². The zero-order valence-corrected chi connectivity index (χ0v) is 10.6. The van der Waals surface area contributed by atoms with Crippen molar-refractivity contribution in [2.75, 3.05) is 13.1 Å². The van der Waals surface area contributed by atoms with Crippen LogP contribution >= 0.6 is 0 Å². The highest BCUT2D eigenvalue weighted by molar-refractivity contribution is 5.77. The average molecular weight is 256 g/mol. The molecule has 2 N–H and O–H groups in total. The highest BCUT2D eigenvalue weighted by Crippen LogP contribution is 2.18. The molecule has 0 aliphatic rings. The van der Waals surface area contributed by atoms with E-state index in [4.69, 9.17) is 0 Å². The van der Waals surface area contributed by atoms with Crippen LogP contribution in [0.4, 0.5) is 8.78 Å². The van der Waals surface area contributed by atoms with Crippen molar-refractivity contribution in [2.45, 2.75) is 26.3 Å². The van der Waals surface area contributed by atoms with Gasteiger partial charge in [0.2, 0.25) is 5.91 Å². The van der Waals surface area contributed by atoms with Gasteiger partial charge in [-0.2, -0.15) is 0 Å². The Bertz CT molecular complexity index is 410. The second kappa shape index (κ2) is 7.06. The minimum atomic E-state index is -0.878. The van der Waals surface area contributed by atoms with Crippen molar-refractivity contribution in [1.82, 2.24) is 10.6 Å². The second-order valence-corrected chi connectivity index (χ2v) is 4.10. The maximum absolute atomic E-state index is 13.5. The number of benzene rings is 1. The Morgan fingerprint density at radius 2 is 2.11 bits per heavy atom. The van der Waals surface area contributed by atoms with Crippen molar-refractivity contribution in [3.8, 4) is 0 Å². The van der Waals surface area contributed by atoms with E-state index in [9.17, 15) is 13.6 Å². The lowest BCUT2D eigenvalue weighted by Crippen LogP contribution is -2.35. The molecule has 0 heterocycles. The molecule has 100 valence electrons. The van der Waals surface area contributed by atoms with Gasteiger partial charge in [0.15, 0.2) is 11.6 Å². The molecule has 1 aromatic rings. The van der Waals surface area contributed by atoms with E-state index in [2.05, 4.69) is 10.6 Å². The van der Waals surface area contributed by atoms with Crippen molar-refractivity contribution in [3.05, 3.63) is 35.4 Å². The fourth-order valence-electron chi connectivity index (χ4n) is 1.54. The van der Waals surface area contributed by atoms with Gasteiger partial charge in [-0.15, -0.1) is 0 Å². The van der Waals surface area contributed by atoms with Gasteiger partial charge in [0, 0.05) is 18.2 Å². The van der Waals surface area contributed by atoms with Crippen molar-refractivity contribution < 1.29 is 13.6 Å². The molecule has 0 aromatic heterocycles. The van der Waals surface area contributed by atoms with Gasteiger partial charge < -0.3 is 10.6 Å². The third-order valence-corrected chi connectivity index (χ3v) is 2.59. The fourth-order valence-corrected chi connectivity index (χ4v) is 1.54. The maximum Gasteiger partial charge on any atom is 0.233 e. The van der Waals surface area contributed by atoms with E-state index in [1.54, 1.807) is 6.92 Å². The number of amides is 1. The van der Waals surface area contributed by atoms with E-state index in [0.717, 1.165) is 12.5 Å². The lowest BCUT2D eigenvalue weighted by atomic mass is 10.1. The lowest BCUT2D eigenvalue weighted by Gasteiger charge is -2.15. The number of carbonyl (C=O) groups excluding carboxylic acids is 1. The van der Waals surface area contributed by atoms with Gasteiger partial charge in [-0.25, -0.2) is 8.78 Å². The summed E-state index contributed by atoms with van der Waals surface area (Å²) in [5.41, 5.74) is 0.221. The molecule has 0 bridgehead atoms. The molecule has 1 atom stereocenters. The van der Waals surface area contributed by atoms with Crippen LogP contribution in [0.3, 0.4) is 0 Å². The Kier molecular flexibility index (Phi) is 5.71. The highest BCUT2D eigenvalue weighted by Gasteiger charge is 2.14. The fraction of sp³-hybridized carbons (Fsp3) is 0.462. The standard InChI is InChI=1S/C13H18F2N2O/c1-3-7-16-12(18)8-17-9(2)10-5-4-6-11(14)13(10)15/h4-6,9,17H,3,7-8H2,1-2H3,(H,16,18). The summed E-state index contributed by atoms with van der Waals surface area (Å²) < 4.78 is 26.5. The molecule has 0 aliphatic heterocycles. The van der Waals surface area contributed by atoms with Gasteiger partial charge in [0.05, 0.1) is 6.54 Å². The number of nitrogens with one attached hydrogen (secondary N) is 2. The SMILES string of the molecule is CCCNC(=O)CNC(C)c1cccc(F)c1F. The first kappa shape index (κ1) is 14.6. The molecule has 3 nitrogen and oxygen atoms in total. The first-order chi connectivity index (χ1) is 8.56. The topological polar surface area (TPSA) is 41.1 Å². The number of halogens is 2. The van der Waals surface area contributed by atoms with Gasteiger partial charge in [-0.05, 0) is 19.4 Å². The van der Waals surface area contributed by atoms with Crippen LogP contribution in [0.25, 0.3) is 0 Å². The van der Waals surface area contributed by atoms with Crippen LogP contribution in [0.2, 0.25) is 0 Å². The molecule has 1 unspecified atom stereocenters. The molecule has 0 fully saturated rings. The Hall–Kier alpha value is -1.49. The monoisotopic (exact) mass is 256 g/mol. The number of hydrogen-bond acceptors (Lipinski definition) is 2. The molecular weight excluding hydrogens is 238 g/mol. The third-order valence-electron chi connectivity index (χ3n) is 2.59. The lowest BCUT2D eigenvalue weighted by molar-refractivity contribution is -0.120. The van der Waals surface area contributed by atoms with Crippen molar-refractivity contribution in [2.24, 2.45) is 0 Å². The summed E-state index contributed by atoms with van der Waals surface area (Å²) in [6.45, 7) is 4.34. The molecule has 5 heteroatoms. The van der Waals surface area contributed by atoms with Crippen LogP contribution in [0, 0.1) is 11.6 Å². The van der Waals surface area contributed by atoms with E-state index < -0.39 is 17.7 Å². The summed E-state index contributed by atoms with van der Waals surface area (Å²) in [4.78, 5) is 11.3. The highest BCUT2D eigenvalue weighted by atomic mass is 19.2. The van der Waals surface area contributed by atoms with Crippen LogP contribution in [-0.2, 0) is 4.79 Å². The minimum Gasteiger partial charge on any atom is -0.355 e. The zero-order chi connectivity index (χ0) is 13.5. The summed E-state index contributed by atoms with van der Waals surface area (Å²) in [5, 5.41) is 5.55. The van der Waals surface area contributed by atoms with E-state index in [1.165, 1.54) is 12.1 Å². The summed E-state index contributed by atoms with van der Waals surface area (Å²) in [6, 6.07) is 3.59. The van der Waals surface area contributed by atoms with Crippen LogP contribution in [0.1, 0.15) is 31.9 Å². The van der Waals surface area contributed by atoms with Gasteiger partial charge >= 0.3 is 0 Å². The van der Waals surface area contributed by atoms with Gasteiger partial charge in [-0.3, -0.25) is 4.79 Å². The van der Waals surface area contributed by atoms with Crippen LogP contribution in [-0.4, -0.2) is 19.0 Å². The second-order valence-electron chi connectivity index (χ2n) is 4.10. The van der Waals surface area contributed by atoms with Gasteiger partial charge in [0.25, 0.3) is 0 Å². The van der Waals surface area contributed by atoms with Gasteiger partial charge in [0.1, 0.15) is 0 Å². The summed E-state index contributed by atoms with van der Waals surface area (Å²) in [6.07, 6.45) is 0.861. The normalized spacial score (nSPS) is 12.2. The van der Waals surface area contributed by atoms with E-state index in [-0.39, 0.29) is 18.0 Å².